The number of amides is 1. The van der Waals surface area contributed by atoms with Gasteiger partial charge < -0.3 is 9.47 Å². The Morgan fingerprint density at radius 3 is 2.58 bits per heavy atom. The molecular formula is C28H22FN5O4. The molecule has 2 aromatic heterocycles. The smallest absolute Gasteiger partial charge is 0.413 e. The largest absolute Gasteiger partial charge is 0.441 e. The Kier molecular flexibility index (Phi) is 6.82. The van der Waals surface area contributed by atoms with Crippen molar-refractivity contribution in [2.24, 2.45) is 5.92 Å². The summed E-state index contributed by atoms with van der Waals surface area (Å²) in [5.74, 6) is -0.776. The molecule has 0 spiro atoms. The van der Waals surface area contributed by atoms with E-state index in [1.807, 2.05) is 36.4 Å². The molecule has 5 rings (SSSR count). The van der Waals surface area contributed by atoms with Gasteiger partial charge in [0, 0.05) is 11.6 Å². The maximum atomic E-state index is 14.8. The lowest BCUT2D eigenvalue weighted by Gasteiger charge is -2.15. The van der Waals surface area contributed by atoms with Crippen LogP contribution in [0.4, 0.5) is 15.0 Å². The van der Waals surface area contributed by atoms with E-state index in [-0.39, 0.29) is 34.6 Å². The zero-order chi connectivity index (χ0) is 26.6. The van der Waals surface area contributed by atoms with Crippen molar-refractivity contribution in [2.45, 2.75) is 25.9 Å². The van der Waals surface area contributed by atoms with Gasteiger partial charge in [0.25, 0.3) is 0 Å². The van der Waals surface area contributed by atoms with Crippen molar-refractivity contribution < 1.29 is 23.5 Å². The van der Waals surface area contributed by atoms with Gasteiger partial charge in [-0.1, -0.05) is 30.3 Å². The highest BCUT2D eigenvalue weighted by Crippen LogP contribution is 2.32. The standard InChI is InChI=1S/C28H22FN5O4/c1-17(18-5-3-2-4-6-18)37-28(36)33-26-20(14-30)15-32-34(26)21-9-12-25(31-16-21)23-11-10-22(13-24(23)29)38-27(35)19-7-8-19/h2-6,9-13,15-17,19H,7-8H2,1H3,(H,33,36). The second kappa shape index (κ2) is 10.5. The maximum Gasteiger partial charge on any atom is 0.413 e. The molecule has 2 aromatic carbocycles. The van der Waals surface area contributed by atoms with Gasteiger partial charge in [0.05, 0.1) is 29.7 Å². The van der Waals surface area contributed by atoms with Crippen molar-refractivity contribution in [3.63, 3.8) is 0 Å². The normalized spacial score (nSPS) is 13.3. The Hall–Kier alpha value is -5.04. The lowest BCUT2D eigenvalue weighted by molar-refractivity contribution is -0.135. The Labute approximate surface area is 217 Å². The molecule has 38 heavy (non-hydrogen) atoms. The van der Waals surface area contributed by atoms with E-state index in [9.17, 15) is 19.2 Å². The summed E-state index contributed by atoms with van der Waals surface area (Å²) < 4.78 is 26.8. The number of hydrogen-bond acceptors (Lipinski definition) is 7. The molecule has 0 aliphatic heterocycles. The minimum absolute atomic E-state index is 0.0932. The fourth-order valence-electron chi connectivity index (χ4n) is 3.78. The molecule has 2 heterocycles. The average Bonchev–Trinajstić information content (AvgIpc) is 3.71. The molecule has 1 amide bonds. The zero-order valence-electron chi connectivity index (χ0n) is 20.3. The predicted molar refractivity (Wildman–Crippen MR) is 135 cm³/mol. The third kappa shape index (κ3) is 5.37. The average molecular weight is 512 g/mol. The number of aromatic nitrogens is 3. The van der Waals surface area contributed by atoms with Crippen LogP contribution in [0.15, 0.2) is 73.1 Å². The highest BCUT2D eigenvalue weighted by atomic mass is 19.1. The fraction of sp³-hybridized carbons (Fsp3) is 0.179. The summed E-state index contributed by atoms with van der Waals surface area (Å²) in [6.07, 6.45) is 3.07. The lowest BCUT2D eigenvalue weighted by Crippen LogP contribution is -2.19. The van der Waals surface area contributed by atoms with E-state index in [1.165, 1.54) is 29.2 Å². The zero-order valence-corrected chi connectivity index (χ0v) is 20.3. The molecule has 9 nitrogen and oxygen atoms in total. The Morgan fingerprint density at radius 1 is 1.13 bits per heavy atom. The number of nitrogens with zero attached hydrogens (tertiary/aromatic N) is 4. The van der Waals surface area contributed by atoms with Gasteiger partial charge in [-0.25, -0.2) is 13.9 Å². The SMILES string of the molecule is CC(OC(=O)Nc1c(C#N)cnn1-c1ccc(-c2ccc(OC(=O)C3CC3)cc2F)nc1)c1ccccc1. The summed E-state index contributed by atoms with van der Waals surface area (Å²) in [6, 6.07) is 18.6. The van der Waals surface area contributed by atoms with E-state index < -0.39 is 18.0 Å². The molecule has 0 saturated heterocycles. The van der Waals surface area contributed by atoms with E-state index in [4.69, 9.17) is 9.47 Å². The van der Waals surface area contributed by atoms with Crippen LogP contribution < -0.4 is 10.1 Å². The van der Waals surface area contributed by atoms with E-state index in [1.54, 1.807) is 19.1 Å². The van der Waals surface area contributed by atoms with Gasteiger partial charge in [-0.05, 0) is 49.6 Å². The molecule has 190 valence electrons. The first-order valence-corrected chi connectivity index (χ1v) is 11.9. The number of carbonyl (C=O) groups excluding carboxylic acids is 2. The number of carbonyl (C=O) groups is 2. The van der Waals surface area contributed by atoms with Crippen molar-refractivity contribution in [2.75, 3.05) is 5.32 Å². The van der Waals surface area contributed by atoms with Crippen LogP contribution in [-0.4, -0.2) is 26.8 Å². The number of nitrogens with one attached hydrogen (secondary N) is 1. The van der Waals surface area contributed by atoms with Gasteiger partial charge in [0.15, 0.2) is 5.82 Å². The molecule has 1 fully saturated rings. The van der Waals surface area contributed by atoms with E-state index in [0.29, 0.717) is 11.4 Å². The van der Waals surface area contributed by atoms with Crippen LogP contribution in [0.5, 0.6) is 5.75 Å². The molecule has 1 N–H and O–H groups in total. The summed E-state index contributed by atoms with van der Waals surface area (Å²) in [6.45, 7) is 1.74. The number of hydrogen-bond donors (Lipinski definition) is 1. The molecule has 0 bridgehead atoms. The molecular weight excluding hydrogens is 489 g/mol. The highest BCUT2D eigenvalue weighted by Gasteiger charge is 2.31. The Morgan fingerprint density at radius 2 is 1.92 bits per heavy atom. The van der Waals surface area contributed by atoms with Crippen LogP contribution in [0, 0.1) is 23.1 Å². The molecule has 1 aliphatic rings. The summed E-state index contributed by atoms with van der Waals surface area (Å²) in [7, 11) is 0. The van der Waals surface area contributed by atoms with Gasteiger partial charge in [0.2, 0.25) is 0 Å². The van der Waals surface area contributed by atoms with Crippen molar-refractivity contribution >= 4 is 17.9 Å². The minimum atomic E-state index is -0.756. The van der Waals surface area contributed by atoms with E-state index >= 15 is 0 Å². The number of nitriles is 1. The Bertz CT molecular complexity index is 1530. The predicted octanol–water partition coefficient (Wildman–Crippen LogP) is 5.57. The first-order chi connectivity index (χ1) is 18.4. The summed E-state index contributed by atoms with van der Waals surface area (Å²) >= 11 is 0. The lowest BCUT2D eigenvalue weighted by atomic mass is 10.1. The maximum absolute atomic E-state index is 14.8. The van der Waals surface area contributed by atoms with Crippen LogP contribution in [0.2, 0.25) is 0 Å². The first kappa shape index (κ1) is 24.6. The number of halogens is 1. The van der Waals surface area contributed by atoms with Crippen molar-refractivity contribution in [3.05, 3.63) is 90.0 Å². The second-order valence-corrected chi connectivity index (χ2v) is 8.75. The summed E-state index contributed by atoms with van der Waals surface area (Å²) in [5.41, 5.74) is 1.93. The number of esters is 1. The molecule has 1 unspecified atom stereocenters. The van der Waals surface area contributed by atoms with Crippen molar-refractivity contribution in [1.29, 1.82) is 5.26 Å². The molecule has 4 aromatic rings. The topological polar surface area (TPSA) is 119 Å². The number of ether oxygens (including phenoxy) is 2. The van der Waals surface area contributed by atoms with Crippen LogP contribution in [0.3, 0.4) is 0 Å². The first-order valence-electron chi connectivity index (χ1n) is 11.9. The molecule has 1 aliphatic carbocycles. The molecule has 1 atom stereocenters. The molecule has 10 heteroatoms. The van der Waals surface area contributed by atoms with Crippen LogP contribution in [0.1, 0.15) is 37.0 Å². The van der Waals surface area contributed by atoms with E-state index in [2.05, 4.69) is 15.4 Å². The number of anilines is 1. The van der Waals surface area contributed by atoms with Gasteiger partial charge in [-0.15, -0.1) is 0 Å². The van der Waals surface area contributed by atoms with Gasteiger partial charge in [-0.3, -0.25) is 15.1 Å². The molecule has 0 radical (unpaired) electrons. The summed E-state index contributed by atoms with van der Waals surface area (Å²) in [5, 5.41) is 16.3. The van der Waals surface area contributed by atoms with Crippen LogP contribution in [-0.2, 0) is 9.53 Å². The molecule has 1 saturated carbocycles. The monoisotopic (exact) mass is 511 g/mol. The van der Waals surface area contributed by atoms with Crippen molar-refractivity contribution in [3.8, 4) is 28.8 Å². The van der Waals surface area contributed by atoms with Gasteiger partial charge in [-0.2, -0.15) is 10.4 Å². The van der Waals surface area contributed by atoms with Crippen molar-refractivity contribution in [1.82, 2.24) is 14.8 Å². The third-order valence-corrected chi connectivity index (χ3v) is 6.00. The van der Waals surface area contributed by atoms with Crippen LogP contribution >= 0.6 is 0 Å². The minimum Gasteiger partial charge on any atom is -0.441 e. The van der Waals surface area contributed by atoms with Gasteiger partial charge in [0.1, 0.15) is 29.3 Å². The Balaban J connectivity index is 1.32. The third-order valence-electron chi connectivity index (χ3n) is 6.00. The number of benzene rings is 2. The summed E-state index contributed by atoms with van der Waals surface area (Å²) in [4.78, 5) is 28.7. The highest BCUT2D eigenvalue weighted by molar-refractivity contribution is 5.86. The quantitative estimate of drug-likeness (QED) is 0.254. The number of rotatable bonds is 7. The number of pyridine rings is 1. The van der Waals surface area contributed by atoms with Crippen LogP contribution in [0.25, 0.3) is 16.9 Å². The van der Waals surface area contributed by atoms with Gasteiger partial charge >= 0.3 is 12.1 Å². The van der Waals surface area contributed by atoms with E-state index in [0.717, 1.165) is 24.5 Å². The second-order valence-electron chi connectivity index (χ2n) is 8.75. The fourth-order valence-corrected chi connectivity index (χ4v) is 3.78.